The predicted molar refractivity (Wildman–Crippen MR) is 109 cm³/mol. The van der Waals surface area contributed by atoms with Gasteiger partial charge in [0.15, 0.2) is 5.96 Å². The Labute approximate surface area is 160 Å². The number of aliphatic imine (C=N–C) groups is 1. The first-order valence-electron chi connectivity index (χ1n) is 8.95. The number of likely N-dealkylation sites (N-methyl/N-ethyl adjacent to an activating group) is 1. The fourth-order valence-electron chi connectivity index (χ4n) is 2.41. The first-order chi connectivity index (χ1) is 12.7. The van der Waals surface area contributed by atoms with E-state index in [0.29, 0.717) is 19.8 Å². The van der Waals surface area contributed by atoms with E-state index in [9.17, 15) is 0 Å². The maximum atomic E-state index is 5.59. The molecule has 0 aliphatic heterocycles. The number of methoxy groups -OCH3 is 1. The second-order valence-corrected chi connectivity index (χ2v) is 6.94. The van der Waals surface area contributed by atoms with Crippen molar-refractivity contribution in [1.82, 2.24) is 10.2 Å². The molecule has 5 nitrogen and oxygen atoms in total. The van der Waals surface area contributed by atoms with Gasteiger partial charge in [-0.2, -0.15) is 0 Å². The molecule has 142 valence electrons. The molecule has 6 heteroatoms. The van der Waals surface area contributed by atoms with E-state index in [0.717, 1.165) is 36.8 Å². The summed E-state index contributed by atoms with van der Waals surface area (Å²) in [5.41, 5.74) is 1.16. The number of nitrogens with zero attached hydrogens (tertiary/aromatic N) is 2. The molecule has 0 atom stereocenters. The molecule has 0 unspecified atom stereocenters. The van der Waals surface area contributed by atoms with E-state index in [-0.39, 0.29) is 0 Å². The first kappa shape index (κ1) is 20.3. The van der Waals surface area contributed by atoms with Gasteiger partial charge in [-0.3, -0.25) is 0 Å². The molecule has 0 amide bonds. The lowest BCUT2D eigenvalue weighted by Gasteiger charge is -2.21. The SMILES string of the molecule is CCNC(=NCc1ccc(OCCOC)cc1)N(C)CCc1cccs1. The minimum atomic E-state index is 0.563. The van der Waals surface area contributed by atoms with E-state index in [4.69, 9.17) is 14.5 Å². The van der Waals surface area contributed by atoms with E-state index >= 15 is 0 Å². The Hall–Kier alpha value is -2.05. The van der Waals surface area contributed by atoms with Gasteiger partial charge in [0.25, 0.3) is 0 Å². The maximum Gasteiger partial charge on any atom is 0.193 e. The molecule has 0 aliphatic carbocycles. The van der Waals surface area contributed by atoms with Crippen molar-refractivity contribution in [3.63, 3.8) is 0 Å². The Bertz CT molecular complexity index is 642. The summed E-state index contributed by atoms with van der Waals surface area (Å²) < 4.78 is 10.6. The van der Waals surface area contributed by atoms with Gasteiger partial charge in [0, 0.05) is 32.1 Å². The quantitative estimate of drug-likeness (QED) is 0.393. The van der Waals surface area contributed by atoms with Crippen LogP contribution in [0.5, 0.6) is 5.75 Å². The number of hydrogen-bond donors (Lipinski definition) is 1. The summed E-state index contributed by atoms with van der Waals surface area (Å²) in [5, 5.41) is 5.49. The average molecular weight is 376 g/mol. The van der Waals surface area contributed by atoms with Crippen LogP contribution in [-0.2, 0) is 17.7 Å². The van der Waals surface area contributed by atoms with Gasteiger partial charge in [-0.1, -0.05) is 18.2 Å². The standard InChI is InChI=1S/C20H29N3O2S/c1-4-21-20(23(2)12-11-19-6-5-15-26-19)22-16-17-7-9-18(10-8-17)25-14-13-24-3/h5-10,15H,4,11-14,16H2,1-3H3,(H,21,22). The Kier molecular flexibility index (Phi) is 9.00. The Balaban J connectivity index is 1.88. The summed E-state index contributed by atoms with van der Waals surface area (Å²) >= 11 is 1.80. The highest BCUT2D eigenvalue weighted by molar-refractivity contribution is 7.09. The van der Waals surface area contributed by atoms with Crippen molar-refractivity contribution in [1.29, 1.82) is 0 Å². The van der Waals surface area contributed by atoms with Crippen LogP contribution in [0.4, 0.5) is 0 Å². The third kappa shape index (κ3) is 7.06. The van der Waals surface area contributed by atoms with Gasteiger partial charge in [-0.15, -0.1) is 11.3 Å². The molecule has 1 aromatic carbocycles. The average Bonchev–Trinajstić information content (AvgIpc) is 3.18. The van der Waals surface area contributed by atoms with Crippen LogP contribution in [0.3, 0.4) is 0 Å². The van der Waals surface area contributed by atoms with Crippen molar-refractivity contribution < 1.29 is 9.47 Å². The lowest BCUT2D eigenvalue weighted by atomic mass is 10.2. The van der Waals surface area contributed by atoms with Gasteiger partial charge in [0.1, 0.15) is 12.4 Å². The van der Waals surface area contributed by atoms with Crippen molar-refractivity contribution in [2.75, 3.05) is 40.5 Å². The molecule has 0 bridgehead atoms. The van der Waals surface area contributed by atoms with Crippen LogP contribution in [0.1, 0.15) is 17.4 Å². The van der Waals surface area contributed by atoms with Gasteiger partial charge in [-0.25, -0.2) is 4.99 Å². The summed E-state index contributed by atoms with van der Waals surface area (Å²) in [6.07, 6.45) is 1.03. The van der Waals surface area contributed by atoms with Crippen LogP contribution < -0.4 is 10.1 Å². The van der Waals surface area contributed by atoms with Crippen molar-refractivity contribution in [2.45, 2.75) is 19.9 Å². The monoisotopic (exact) mass is 375 g/mol. The minimum absolute atomic E-state index is 0.563. The molecule has 0 spiro atoms. The second-order valence-electron chi connectivity index (χ2n) is 5.91. The van der Waals surface area contributed by atoms with Gasteiger partial charge >= 0.3 is 0 Å². The normalized spacial score (nSPS) is 11.4. The largest absolute Gasteiger partial charge is 0.491 e. The second kappa shape index (κ2) is 11.5. The van der Waals surface area contributed by atoms with Crippen molar-refractivity contribution in [2.24, 2.45) is 4.99 Å². The minimum Gasteiger partial charge on any atom is -0.491 e. The smallest absolute Gasteiger partial charge is 0.193 e. The van der Waals surface area contributed by atoms with E-state index in [1.54, 1.807) is 18.4 Å². The third-order valence-electron chi connectivity index (χ3n) is 3.86. The zero-order valence-electron chi connectivity index (χ0n) is 15.9. The van der Waals surface area contributed by atoms with Crippen LogP contribution >= 0.6 is 11.3 Å². The fraction of sp³-hybridized carbons (Fsp3) is 0.450. The molecule has 2 aromatic rings. The molecule has 0 saturated heterocycles. The molecule has 0 radical (unpaired) electrons. The zero-order valence-corrected chi connectivity index (χ0v) is 16.7. The molecular weight excluding hydrogens is 346 g/mol. The number of thiophene rings is 1. The summed E-state index contributed by atoms with van der Waals surface area (Å²) in [5.74, 6) is 1.79. The van der Waals surface area contributed by atoms with Gasteiger partial charge in [0.05, 0.1) is 13.2 Å². The lowest BCUT2D eigenvalue weighted by Crippen LogP contribution is -2.39. The van der Waals surface area contributed by atoms with Crippen LogP contribution in [-0.4, -0.2) is 51.3 Å². The summed E-state index contributed by atoms with van der Waals surface area (Å²) in [4.78, 5) is 8.35. The highest BCUT2D eigenvalue weighted by Gasteiger charge is 2.06. The fourth-order valence-corrected chi connectivity index (χ4v) is 3.11. The van der Waals surface area contributed by atoms with E-state index < -0.39 is 0 Å². The van der Waals surface area contributed by atoms with Crippen molar-refractivity contribution >= 4 is 17.3 Å². The number of hydrogen-bond acceptors (Lipinski definition) is 4. The molecule has 1 aromatic heterocycles. The van der Waals surface area contributed by atoms with Crippen LogP contribution in [0.25, 0.3) is 0 Å². The predicted octanol–water partition coefficient (Wildman–Crippen LogP) is 3.41. The first-order valence-corrected chi connectivity index (χ1v) is 9.83. The molecular formula is C20H29N3O2S. The van der Waals surface area contributed by atoms with Gasteiger partial charge < -0.3 is 19.7 Å². The molecule has 1 N–H and O–H groups in total. The summed E-state index contributed by atoms with van der Waals surface area (Å²) in [6, 6.07) is 12.4. The highest BCUT2D eigenvalue weighted by atomic mass is 32.1. The highest BCUT2D eigenvalue weighted by Crippen LogP contribution is 2.13. The topological polar surface area (TPSA) is 46.1 Å². The lowest BCUT2D eigenvalue weighted by molar-refractivity contribution is 0.146. The zero-order chi connectivity index (χ0) is 18.6. The maximum absolute atomic E-state index is 5.59. The van der Waals surface area contributed by atoms with Crippen LogP contribution in [0.15, 0.2) is 46.8 Å². The number of ether oxygens (including phenoxy) is 2. The summed E-state index contributed by atoms with van der Waals surface area (Å²) in [7, 11) is 3.76. The molecule has 26 heavy (non-hydrogen) atoms. The molecule has 0 aliphatic rings. The third-order valence-corrected chi connectivity index (χ3v) is 4.80. The number of guanidine groups is 1. The molecule has 0 saturated carbocycles. The van der Waals surface area contributed by atoms with E-state index in [2.05, 4.69) is 53.8 Å². The van der Waals surface area contributed by atoms with Crippen molar-refractivity contribution in [3.05, 3.63) is 52.2 Å². The van der Waals surface area contributed by atoms with Crippen LogP contribution in [0, 0.1) is 0 Å². The van der Waals surface area contributed by atoms with E-state index in [1.807, 2.05) is 12.1 Å². The Morgan fingerprint density at radius 1 is 1.19 bits per heavy atom. The number of nitrogens with one attached hydrogen (secondary N) is 1. The number of rotatable bonds is 10. The van der Waals surface area contributed by atoms with Crippen LogP contribution in [0.2, 0.25) is 0 Å². The molecule has 0 fully saturated rings. The Morgan fingerprint density at radius 2 is 2.00 bits per heavy atom. The van der Waals surface area contributed by atoms with Gasteiger partial charge in [0.2, 0.25) is 0 Å². The van der Waals surface area contributed by atoms with E-state index in [1.165, 1.54) is 4.88 Å². The summed E-state index contributed by atoms with van der Waals surface area (Å²) in [6.45, 7) is 5.69. The van der Waals surface area contributed by atoms with Gasteiger partial charge in [-0.05, 0) is 42.5 Å². The molecule has 1 heterocycles. The molecule has 2 rings (SSSR count). The van der Waals surface area contributed by atoms with Crippen molar-refractivity contribution in [3.8, 4) is 5.75 Å². The number of benzene rings is 1. The Morgan fingerprint density at radius 3 is 2.65 bits per heavy atom.